The molecular formula is C21H19NO5S. The minimum absolute atomic E-state index is 0.269. The molecule has 3 aromatic rings. The highest BCUT2D eigenvalue weighted by Crippen LogP contribution is 2.22. The second kappa shape index (κ2) is 8.22. The van der Waals surface area contributed by atoms with Gasteiger partial charge in [0.2, 0.25) is 5.78 Å². The van der Waals surface area contributed by atoms with Gasteiger partial charge in [-0.05, 0) is 55.6 Å². The minimum atomic E-state index is -0.512. The first kappa shape index (κ1) is 19.6. The molecule has 0 N–H and O–H groups in total. The molecule has 1 aromatic carbocycles. The van der Waals surface area contributed by atoms with E-state index in [1.165, 1.54) is 18.4 Å². The summed E-state index contributed by atoms with van der Waals surface area (Å²) < 4.78 is 11.7. The number of aryl methyl sites for hydroxylation is 1. The van der Waals surface area contributed by atoms with Crippen molar-refractivity contribution in [1.82, 2.24) is 4.57 Å². The fourth-order valence-corrected chi connectivity index (χ4v) is 3.60. The summed E-state index contributed by atoms with van der Waals surface area (Å²) in [6, 6.07) is 10.3. The van der Waals surface area contributed by atoms with Gasteiger partial charge in [0.15, 0.2) is 6.61 Å². The van der Waals surface area contributed by atoms with E-state index in [9.17, 15) is 14.4 Å². The Morgan fingerprint density at radius 3 is 2.32 bits per heavy atom. The lowest BCUT2D eigenvalue weighted by molar-refractivity contribution is 0.0475. The molecule has 0 aliphatic rings. The molecule has 144 valence electrons. The van der Waals surface area contributed by atoms with Crippen molar-refractivity contribution in [3.8, 4) is 5.69 Å². The lowest BCUT2D eigenvalue weighted by Crippen LogP contribution is -2.14. The van der Waals surface area contributed by atoms with Gasteiger partial charge in [-0.25, -0.2) is 9.59 Å². The zero-order chi connectivity index (χ0) is 20.3. The predicted octanol–water partition coefficient (Wildman–Crippen LogP) is 3.98. The Kier molecular flexibility index (Phi) is 5.75. The number of Topliss-reactive ketones (excluding diaryl/α,β-unsaturated/α-hetero) is 1. The van der Waals surface area contributed by atoms with Crippen molar-refractivity contribution in [2.24, 2.45) is 0 Å². The first-order valence-corrected chi connectivity index (χ1v) is 9.47. The van der Waals surface area contributed by atoms with Gasteiger partial charge in [0.25, 0.3) is 0 Å². The number of ketones is 1. The highest BCUT2D eigenvalue weighted by atomic mass is 32.1. The van der Waals surface area contributed by atoms with Crippen LogP contribution in [0.15, 0.2) is 47.2 Å². The molecule has 2 heterocycles. The van der Waals surface area contributed by atoms with E-state index < -0.39 is 11.9 Å². The molecule has 0 spiro atoms. The third kappa shape index (κ3) is 3.89. The van der Waals surface area contributed by atoms with Crippen LogP contribution in [0.2, 0.25) is 0 Å². The van der Waals surface area contributed by atoms with E-state index >= 15 is 0 Å². The van der Waals surface area contributed by atoms with Crippen molar-refractivity contribution in [3.05, 3.63) is 75.2 Å². The third-order valence-electron chi connectivity index (χ3n) is 4.37. The van der Waals surface area contributed by atoms with Gasteiger partial charge in [-0.2, -0.15) is 11.3 Å². The van der Waals surface area contributed by atoms with E-state index in [1.54, 1.807) is 47.2 Å². The van der Waals surface area contributed by atoms with Crippen LogP contribution in [-0.4, -0.2) is 36.0 Å². The fourth-order valence-electron chi connectivity index (χ4n) is 2.98. The monoisotopic (exact) mass is 397 g/mol. The first-order valence-electron chi connectivity index (χ1n) is 8.52. The maximum absolute atomic E-state index is 12.6. The summed E-state index contributed by atoms with van der Waals surface area (Å²) in [6.45, 7) is 3.39. The molecule has 0 bridgehead atoms. The summed E-state index contributed by atoms with van der Waals surface area (Å²) in [7, 11) is 1.33. The lowest BCUT2D eigenvalue weighted by Gasteiger charge is -2.10. The van der Waals surface area contributed by atoms with Gasteiger partial charge in [0.05, 0.1) is 18.2 Å². The predicted molar refractivity (Wildman–Crippen MR) is 106 cm³/mol. The first-order chi connectivity index (χ1) is 13.4. The summed E-state index contributed by atoms with van der Waals surface area (Å²) in [5.74, 6) is -1.19. The number of benzene rings is 1. The number of nitrogens with zero attached hydrogens (tertiary/aromatic N) is 1. The molecule has 28 heavy (non-hydrogen) atoms. The number of aromatic nitrogens is 1. The quantitative estimate of drug-likeness (QED) is 0.465. The van der Waals surface area contributed by atoms with Crippen LogP contribution in [-0.2, 0) is 9.47 Å². The normalized spacial score (nSPS) is 10.5. The van der Waals surface area contributed by atoms with Crippen LogP contribution < -0.4 is 0 Å². The number of hydrogen-bond acceptors (Lipinski definition) is 6. The van der Waals surface area contributed by atoms with Crippen LogP contribution in [0.5, 0.6) is 0 Å². The molecule has 6 nitrogen and oxygen atoms in total. The maximum atomic E-state index is 12.6. The third-order valence-corrected chi connectivity index (χ3v) is 5.05. The Balaban J connectivity index is 1.78. The second-order valence-corrected chi connectivity index (χ2v) is 6.95. The highest BCUT2D eigenvalue weighted by Gasteiger charge is 2.19. The average molecular weight is 397 g/mol. The van der Waals surface area contributed by atoms with Gasteiger partial charge in [-0.3, -0.25) is 4.79 Å². The molecule has 3 rings (SSSR count). The molecule has 0 unspecified atom stereocenters. The van der Waals surface area contributed by atoms with Crippen LogP contribution in [0.25, 0.3) is 5.69 Å². The molecule has 0 aliphatic carbocycles. The number of methoxy groups -OCH3 is 1. The Morgan fingerprint density at radius 1 is 1.00 bits per heavy atom. The standard InChI is InChI=1S/C21H19NO5S/c1-13-10-18(19(23)11-27-21(25)16-8-9-28-12-16)14(2)22(13)17-6-4-15(5-7-17)20(24)26-3/h4-10,12H,11H2,1-3H3. The number of hydrogen-bond donors (Lipinski definition) is 0. The van der Waals surface area contributed by atoms with Crippen LogP contribution >= 0.6 is 11.3 Å². The van der Waals surface area contributed by atoms with Gasteiger partial charge in [-0.15, -0.1) is 0 Å². The SMILES string of the molecule is COC(=O)c1ccc(-n2c(C)cc(C(=O)COC(=O)c3ccsc3)c2C)cc1. The van der Waals surface area contributed by atoms with Crippen molar-refractivity contribution in [2.45, 2.75) is 13.8 Å². The van der Waals surface area contributed by atoms with Crippen molar-refractivity contribution < 1.29 is 23.9 Å². The minimum Gasteiger partial charge on any atom is -0.465 e. The highest BCUT2D eigenvalue weighted by molar-refractivity contribution is 7.08. The second-order valence-electron chi connectivity index (χ2n) is 6.17. The van der Waals surface area contributed by atoms with Crippen molar-refractivity contribution in [3.63, 3.8) is 0 Å². The molecule has 0 amide bonds. The Morgan fingerprint density at radius 2 is 1.71 bits per heavy atom. The Bertz CT molecular complexity index is 1020. The maximum Gasteiger partial charge on any atom is 0.339 e. The van der Waals surface area contributed by atoms with E-state index in [0.29, 0.717) is 16.7 Å². The lowest BCUT2D eigenvalue weighted by atomic mass is 10.1. The van der Waals surface area contributed by atoms with E-state index in [4.69, 9.17) is 9.47 Å². The summed E-state index contributed by atoms with van der Waals surface area (Å²) in [5.41, 5.74) is 3.79. The van der Waals surface area contributed by atoms with Gasteiger partial charge in [-0.1, -0.05) is 0 Å². The zero-order valence-corrected chi connectivity index (χ0v) is 16.5. The summed E-state index contributed by atoms with van der Waals surface area (Å²) in [4.78, 5) is 36.1. The van der Waals surface area contributed by atoms with Crippen LogP contribution in [0.1, 0.15) is 42.5 Å². The smallest absolute Gasteiger partial charge is 0.339 e. The molecular weight excluding hydrogens is 378 g/mol. The number of carbonyl (C=O) groups excluding carboxylic acids is 3. The number of ether oxygens (including phenoxy) is 2. The Labute approximate surface area is 166 Å². The van der Waals surface area contributed by atoms with Gasteiger partial charge < -0.3 is 14.0 Å². The molecule has 0 fully saturated rings. The van der Waals surface area contributed by atoms with Crippen LogP contribution in [0.3, 0.4) is 0 Å². The number of carbonyl (C=O) groups is 3. The van der Waals surface area contributed by atoms with Crippen LogP contribution in [0, 0.1) is 13.8 Å². The zero-order valence-electron chi connectivity index (χ0n) is 15.7. The van der Waals surface area contributed by atoms with Crippen molar-refractivity contribution >= 4 is 29.1 Å². The van der Waals surface area contributed by atoms with E-state index in [-0.39, 0.29) is 12.4 Å². The molecule has 0 aliphatic heterocycles. The van der Waals surface area contributed by atoms with Crippen molar-refractivity contribution in [1.29, 1.82) is 0 Å². The number of rotatable bonds is 6. The fraction of sp³-hybridized carbons (Fsp3) is 0.190. The number of thiophene rings is 1. The van der Waals surface area contributed by atoms with E-state index in [2.05, 4.69) is 0 Å². The average Bonchev–Trinajstić information content (AvgIpc) is 3.34. The molecule has 0 radical (unpaired) electrons. The molecule has 7 heteroatoms. The Hall–Kier alpha value is -3.19. The number of esters is 2. The summed E-state index contributed by atoms with van der Waals surface area (Å²) in [6.07, 6.45) is 0. The van der Waals surface area contributed by atoms with Crippen molar-refractivity contribution in [2.75, 3.05) is 13.7 Å². The summed E-state index contributed by atoms with van der Waals surface area (Å²) in [5, 5.41) is 3.45. The van der Waals surface area contributed by atoms with E-state index in [1.807, 2.05) is 18.4 Å². The van der Waals surface area contributed by atoms with Crippen LogP contribution in [0.4, 0.5) is 0 Å². The van der Waals surface area contributed by atoms with Gasteiger partial charge in [0, 0.05) is 28.0 Å². The molecule has 2 aromatic heterocycles. The topological polar surface area (TPSA) is 74.6 Å². The molecule has 0 saturated heterocycles. The molecule has 0 atom stereocenters. The summed E-state index contributed by atoms with van der Waals surface area (Å²) >= 11 is 1.39. The van der Waals surface area contributed by atoms with E-state index in [0.717, 1.165) is 17.1 Å². The van der Waals surface area contributed by atoms with Gasteiger partial charge in [0.1, 0.15) is 0 Å². The van der Waals surface area contributed by atoms with Gasteiger partial charge >= 0.3 is 11.9 Å². The molecule has 0 saturated carbocycles. The largest absolute Gasteiger partial charge is 0.465 e.